The van der Waals surface area contributed by atoms with Gasteiger partial charge in [-0.05, 0) is 37.3 Å². The van der Waals surface area contributed by atoms with Gasteiger partial charge in [-0.25, -0.2) is 0 Å². The normalized spacial score (nSPS) is 24.3. The molecule has 9 heteroatoms. The van der Waals surface area contributed by atoms with E-state index in [0.717, 1.165) is 16.0 Å². The summed E-state index contributed by atoms with van der Waals surface area (Å²) in [6.07, 6.45) is 0. The van der Waals surface area contributed by atoms with E-state index in [4.69, 9.17) is 0 Å². The molecule has 4 rings (SSSR count). The Morgan fingerprint density at radius 3 is 2.48 bits per heavy atom. The van der Waals surface area contributed by atoms with Crippen LogP contribution >= 0.6 is 23.1 Å². The summed E-state index contributed by atoms with van der Waals surface area (Å²) in [5.41, 5.74) is 2.35. The maximum absolute atomic E-state index is 13.0. The molecule has 0 bridgehead atoms. The van der Waals surface area contributed by atoms with Crippen LogP contribution in [-0.2, 0) is 9.59 Å². The quantitative estimate of drug-likeness (QED) is 0.471. The van der Waals surface area contributed by atoms with Crippen molar-refractivity contribution in [1.29, 1.82) is 0 Å². The minimum absolute atomic E-state index is 0. The molecular weight excluding hydrogens is 419 g/mol. The Hall–Kier alpha value is -1.32. The molecule has 1 aromatic heterocycles. The van der Waals surface area contributed by atoms with Crippen molar-refractivity contribution in [2.75, 3.05) is 0 Å². The Morgan fingerprint density at radius 1 is 1.21 bits per heavy atom. The second-order valence-electron chi connectivity index (χ2n) is 7.52. The van der Waals surface area contributed by atoms with Gasteiger partial charge < -0.3 is 20.1 Å². The zero-order valence-electron chi connectivity index (χ0n) is 16.6. The van der Waals surface area contributed by atoms with E-state index >= 15 is 0 Å². The number of carboxylic acids is 1. The molecule has 146 valence electrons. The van der Waals surface area contributed by atoms with E-state index in [1.165, 1.54) is 28.0 Å². The van der Waals surface area contributed by atoms with E-state index in [2.05, 4.69) is 5.32 Å². The number of thiophene rings is 1. The molecule has 2 amide bonds. The number of carboxylic acid groups (broad SMARTS) is 1. The number of rotatable bonds is 4. The number of thioether (sulfide) groups is 1. The fourth-order valence-electron chi connectivity index (χ4n) is 3.87. The number of aliphatic carboxylic acids is 1. The molecule has 0 saturated carbocycles. The number of carbonyl (C=O) groups is 3. The van der Waals surface area contributed by atoms with Crippen LogP contribution in [-0.4, -0.2) is 44.9 Å². The van der Waals surface area contributed by atoms with Crippen molar-refractivity contribution < 1.29 is 49.0 Å². The first-order valence-electron chi connectivity index (χ1n) is 8.87. The van der Waals surface area contributed by atoms with Gasteiger partial charge in [0.1, 0.15) is 11.4 Å². The molecule has 2 aliphatic heterocycles. The Balaban J connectivity index is 0.00000240. The predicted octanol–water partition coefficient (Wildman–Crippen LogP) is -1.36. The first-order valence-corrected chi connectivity index (χ1v) is 10.6. The van der Waals surface area contributed by atoms with Crippen molar-refractivity contribution in [3.63, 3.8) is 0 Å². The molecule has 0 radical (unpaired) electrons. The van der Waals surface area contributed by atoms with Crippen molar-refractivity contribution in [2.24, 2.45) is 0 Å². The van der Waals surface area contributed by atoms with Crippen molar-refractivity contribution in [2.45, 2.75) is 43.0 Å². The third kappa shape index (κ3) is 3.65. The van der Waals surface area contributed by atoms with Gasteiger partial charge >= 0.3 is 29.6 Å². The van der Waals surface area contributed by atoms with E-state index in [1.807, 2.05) is 42.6 Å². The number of nitrogens with one attached hydrogen (secondary N) is 1. The topological polar surface area (TPSA) is 89.5 Å². The van der Waals surface area contributed by atoms with E-state index < -0.39 is 28.2 Å². The summed E-state index contributed by atoms with van der Waals surface area (Å²) >= 11 is 2.87. The zero-order chi connectivity index (χ0) is 20.2. The molecule has 2 saturated heterocycles. The Kier molecular flexibility index (Phi) is 6.23. The first kappa shape index (κ1) is 22.4. The number of hydrogen-bond acceptors (Lipinski definition) is 6. The molecule has 3 atom stereocenters. The second kappa shape index (κ2) is 8.07. The Bertz CT molecular complexity index is 976. The smallest absolute Gasteiger partial charge is 0.548 e. The summed E-state index contributed by atoms with van der Waals surface area (Å²) in [4.78, 5) is 39.3. The molecule has 0 aliphatic carbocycles. The molecule has 0 unspecified atom stereocenters. The molecule has 2 aliphatic rings. The van der Waals surface area contributed by atoms with Crippen LogP contribution in [0, 0.1) is 6.92 Å². The number of carbonyl (C=O) groups excluding carboxylic acids is 3. The SMILES string of the molecule is Cc1csc(-c2ccccc2)c1C(=O)N[C@@H]1C(=O)N2[C@@H]1SC(C)(C)[C@@H]2C(=O)[O-].[Na+]. The van der Waals surface area contributed by atoms with Gasteiger partial charge in [-0.2, -0.15) is 0 Å². The van der Waals surface area contributed by atoms with Crippen LogP contribution in [0.2, 0.25) is 0 Å². The third-order valence-corrected chi connectivity index (χ3v) is 7.91. The van der Waals surface area contributed by atoms with Gasteiger partial charge in [0.2, 0.25) is 5.91 Å². The monoisotopic (exact) mass is 438 g/mol. The molecule has 3 heterocycles. The number of amides is 2. The number of hydrogen-bond donors (Lipinski definition) is 1. The van der Waals surface area contributed by atoms with E-state index in [0.29, 0.717) is 5.56 Å². The second-order valence-corrected chi connectivity index (χ2v) is 10.2. The predicted molar refractivity (Wildman–Crippen MR) is 107 cm³/mol. The van der Waals surface area contributed by atoms with Gasteiger partial charge in [0.15, 0.2) is 0 Å². The van der Waals surface area contributed by atoms with Gasteiger partial charge in [-0.15, -0.1) is 23.1 Å². The van der Waals surface area contributed by atoms with Crippen molar-refractivity contribution in [3.05, 3.63) is 46.8 Å². The summed E-state index contributed by atoms with van der Waals surface area (Å²) < 4.78 is -0.674. The largest absolute Gasteiger partial charge is 1.00 e. The maximum Gasteiger partial charge on any atom is 1.00 e. The number of nitrogens with zero attached hydrogens (tertiary/aromatic N) is 1. The zero-order valence-corrected chi connectivity index (χ0v) is 20.2. The van der Waals surface area contributed by atoms with E-state index in [-0.39, 0.29) is 41.4 Å². The van der Waals surface area contributed by atoms with Crippen LogP contribution in [0.4, 0.5) is 0 Å². The van der Waals surface area contributed by atoms with E-state index in [9.17, 15) is 19.5 Å². The fraction of sp³-hybridized carbons (Fsp3) is 0.350. The molecule has 2 aromatic rings. The van der Waals surface area contributed by atoms with Crippen LogP contribution in [0.1, 0.15) is 29.8 Å². The fourth-order valence-corrected chi connectivity index (χ4v) is 6.55. The van der Waals surface area contributed by atoms with Crippen LogP contribution in [0.5, 0.6) is 0 Å². The van der Waals surface area contributed by atoms with Gasteiger partial charge in [-0.1, -0.05) is 30.3 Å². The minimum atomic E-state index is -1.27. The van der Waals surface area contributed by atoms with Crippen LogP contribution in [0.3, 0.4) is 0 Å². The maximum atomic E-state index is 13.0. The van der Waals surface area contributed by atoms with Crippen LogP contribution < -0.4 is 40.0 Å². The summed E-state index contributed by atoms with van der Waals surface area (Å²) in [5.74, 6) is -1.95. The van der Waals surface area contributed by atoms with Crippen molar-refractivity contribution in [3.8, 4) is 10.4 Å². The molecular formula is C20H19N2NaO4S2. The summed E-state index contributed by atoms with van der Waals surface area (Å²) in [5, 5.41) is 15.9. The van der Waals surface area contributed by atoms with Crippen molar-refractivity contribution >= 4 is 40.9 Å². The number of benzene rings is 1. The third-order valence-electron chi connectivity index (χ3n) is 5.19. The molecule has 2 fully saturated rings. The molecule has 29 heavy (non-hydrogen) atoms. The summed E-state index contributed by atoms with van der Waals surface area (Å²) in [6, 6.07) is 7.90. The van der Waals surface area contributed by atoms with Crippen molar-refractivity contribution in [1.82, 2.24) is 10.2 Å². The van der Waals surface area contributed by atoms with E-state index in [1.54, 1.807) is 13.8 Å². The summed E-state index contributed by atoms with van der Waals surface area (Å²) in [7, 11) is 0. The van der Waals surface area contributed by atoms with Gasteiger partial charge in [-0.3, -0.25) is 9.59 Å². The summed E-state index contributed by atoms with van der Waals surface area (Å²) in [6.45, 7) is 5.42. The molecule has 1 aromatic carbocycles. The first-order chi connectivity index (χ1) is 13.2. The van der Waals surface area contributed by atoms with Gasteiger partial charge in [0.05, 0.1) is 17.6 Å². The average molecular weight is 439 g/mol. The number of fused-ring (bicyclic) bond motifs is 1. The van der Waals surface area contributed by atoms with Crippen LogP contribution in [0.25, 0.3) is 10.4 Å². The van der Waals surface area contributed by atoms with Gasteiger partial charge in [0.25, 0.3) is 5.91 Å². The van der Waals surface area contributed by atoms with Crippen LogP contribution in [0.15, 0.2) is 35.7 Å². The average Bonchev–Trinajstić information content (AvgIpc) is 3.15. The number of β-lactam (4-membered cyclic amide) rings is 1. The standard InChI is InChI=1S/C20H20N2O4S2.Na/c1-10-9-27-14(11-7-5-4-6-8-11)12(10)16(23)21-13-17(24)22-15(19(25)26)20(2,3)28-18(13)22;/h4-9,13,15,18H,1-3H3,(H,21,23)(H,25,26);/q;+1/p-1/t13-,15+,18-;/m1./s1. The molecule has 1 N–H and O–H groups in total. The Labute approximate surface area is 199 Å². The molecule has 0 spiro atoms. The molecule has 6 nitrogen and oxygen atoms in total. The number of aryl methyl sites for hydroxylation is 1. The Morgan fingerprint density at radius 2 is 1.86 bits per heavy atom. The van der Waals surface area contributed by atoms with Gasteiger partial charge in [0, 0.05) is 9.62 Å². The minimum Gasteiger partial charge on any atom is -0.548 e.